The Morgan fingerprint density at radius 2 is 1.77 bits per heavy atom. The summed E-state index contributed by atoms with van der Waals surface area (Å²) in [4.78, 5) is 28.6. The zero-order valence-electron chi connectivity index (χ0n) is 17.7. The quantitative estimate of drug-likeness (QED) is 0.801. The molecule has 0 saturated carbocycles. The van der Waals surface area contributed by atoms with Crippen LogP contribution in [-0.2, 0) is 16.1 Å². The third kappa shape index (κ3) is 5.72. The molecule has 2 aliphatic rings. The van der Waals surface area contributed by atoms with Gasteiger partial charge >= 0.3 is 12.1 Å². The normalized spacial score (nSPS) is 20.1. The first-order chi connectivity index (χ1) is 14.0. The first-order valence-electron chi connectivity index (χ1n) is 10.1. The molecule has 9 heteroatoms. The van der Waals surface area contributed by atoms with Gasteiger partial charge in [-0.2, -0.15) is 13.2 Å². The minimum atomic E-state index is -5.08. The number of aliphatic carboxylic acids is 1. The second kappa shape index (κ2) is 9.78. The average Bonchev–Trinajstić information content (AvgIpc) is 2.68. The van der Waals surface area contributed by atoms with Crippen molar-refractivity contribution in [3.05, 3.63) is 35.4 Å². The number of carbonyl (C=O) groups is 2. The maximum Gasteiger partial charge on any atom is 0.490 e. The third-order valence-electron chi connectivity index (χ3n) is 5.85. The van der Waals surface area contributed by atoms with Crippen molar-refractivity contribution in [2.24, 2.45) is 0 Å². The summed E-state index contributed by atoms with van der Waals surface area (Å²) in [7, 11) is 1.95. The van der Waals surface area contributed by atoms with Gasteiger partial charge in [0.2, 0.25) is 5.91 Å². The number of benzene rings is 1. The minimum absolute atomic E-state index is 0.245. The molecular weight excluding hydrogens is 399 g/mol. The van der Waals surface area contributed by atoms with Gasteiger partial charge < -0.3 is 10.0 Å². The molecule has 3 rings (SSSR count). The highest BCUT2D eigenvalue weighted by Gasteiger charge is 2.49. The number of piperidine rings is 1. The monoisotopic (exact) mass is 429 g/mol. The van der Waals surface area contributed by atoms with E-state index in [2.05, 4.69) is 47.9 Å². The first kappa shape index (κ1) is 24.1. The zero-order chi connectivity index (χ0) is 22.5. The maximum atomic E-state index is 12.8. The molecule has 1 aromatic carbocycles. The highest BCUT2D eigenvalue weighted by molar-refractivity contribution is 5.87. The first-order valence-corrected chi connectivity index (χ1v) is 10.1. The van der Waals surface area contributed by atoms with E-state index >= 15 is 0 Å². The molecule has 0 aliphatic carbocycles. The number of halogens is 3. The second-order valence-corrected chi connectivity index (χ2v) is 7.91. The van der Waals surface area contributed by atoms with E-state index in [4.69, 9.17) is 9.90 Å². The predicted octanol–water partition coefficient (Wildman–Crippen LogP) is 2.76. The topological polar surface area (TPSA) is 64.1 Å². The molecule has 2 saturated heterocycles. The van der Waals surface area contributed by atoms with E-state index in [-0.39, 0.29) is 5.54 Å². The number of alkyl halides is 3. The van der Waals surface area contributed by atoms with Gasteiger partial charge in [-0.15, -0.1) is 0 Å². The number of carbonyl (C=O) groups excluding carboxylic acids is 1. The molecule has 1 aromatic rings. The van der Waals surface area contributed by atoms with Crippen molar-refractivity contribution >= 4 is 11.9 Å². The van der Waals surface area contributed by atoms with Gasteiger partial charge in [0.1, 0.15) is 5.54 Å². The molecule has 0 aromatic heterocycles. The minimum Gasteiger partial charge on any atom is -0.475 e. The van der Waals surface area contributed by atoms with Gasteiger partial charge in [-0.1, -0.05) is 36.8 Å². The summed E-state index contributed by atoms with van der Waals surface area (Å²) < 4.78 is 31.7. The van der Waals surface area contributed by atoms with Crippen LogP contribution in [0.5, 0.6) is 0 Å². The van der Waals surface area contributed by atoms with Crippen LogP contribution in [0.3, 0.4) is 0 Å². The summed E-state index contributed by atoms with van der Waals surface area (Å²) in [5.74, 6) is -2.42. The number of nitrogens with zero attached hydrogens (tertiary/aromatic N) is 3. The van der Waals surface area contributed by atoms with Crippen LogP contribution in [0.2, 0.25) is 0 Å². The molecule has 0 bridgehead atoms. The van der Waals surface area contributed by atoms with Crippen LogP contribution >= 0.6 is 0 Å². The highest BCUT2D eigenvalue weighted by atomic mass is 19.4. The van der Waals surface area contributed by atoms with Crippen molar-refractivity contribution in [1.29, 1.82) is 0 Å². The largest absolute Gasteiger partial charge is 0.490 e. The lowest BCUT2D eigenvalue weighted by Crippen LogP contribution is -2.67. The number of carboxylic acid groups (broad SMARTS) is 1. The number of likely N-dealkylation sites (N-methyl/N-ethyl adjacent to an activating group) is 2. The van der Waals surface area contributed by atoms with Gasteiger partial charge in [-0.25, -0.2) is 4.79 Å². The van der Waals surface area contributed by atoms with Crippen LogP contribution in [0.4, 0.5) is 13.2 Å². The van der Waals surface area contributed by atoms with E-state index in [1.165, 1.54) is 11.1 Å². The molecule has 2 heterocycles. The Kier molecular flexibility index (Phi) is 7.87. The molecule has 1 N–H and O–H groups in total. The van der Waals surface area contributed by atoms with E-state index in [0.29, 0.717) is 5.91 Å². The Bertz CT molecular complexity index is 747. The highest BCUT2D eigenvalue weighted by Crippen LogP contribution is 2.33. The number of amides is 1. The lowest BCUT2D eigenvalue weighted by atomic mass is 9.82. The van der Waals surface area contributed by atoms with E-state index in [1.54, 1.807) is 0 Å². The van der Waals surface area contributed by atoms with Crippen LogP contribution < -0.4 is 0 Å². The molecule has 0 atom stereocenters. The molecular formula is C21H30F3N3O3. The Morgan fingerprint density at radius 3 is 2.27 bits per heavy atom. The van der Waals surface area contributed by atoms with Gasteiger partial charge in [-0.3, -0.25) is 14.6 Å². The smallest absolute Gasteiger partial charge is 0.475 e. The fourth-order valence-electron chi connectivity index (χ4n) is 4.22. The molecule has 0 radical (unpaired) electrons. The van der Waals surface area contributed by atoms with Crippen molar-refractivity contribution in [2.75, 3.05) is 39.8 Å². The van der Waals surface area contributed by atoms with Crippen LogP contribution in [0.15, 0.2) is 24.3 Å². The maximum absolute atomic E-state index is 12.8. The number of carboxylic acids is 1. The Morgan fingerprint density at radius 1 is 1.17 bits per heavy atom. The molecule has 168 valence electrons. The fourth-order valence-corrected chi connectivity index (χ4v) is 4.22. The molecule has 2 fully saturated rings. The number of hydrogen-bond donors (Lipinski definition) is 1. The molecule has 0 unspecified atom stereocenters. The average molecular weight is 429 g/mol. The third-order valence-corrected chi connectivity index (χ3v) is 5.85. The van der Waals surface area contributed by atoms with E-state index < -0.39 is 12.1 Å². The van der Waals surface area contributed by atoms with Gasteiger partial charge in [-0.05, 0) is 31.9 Å². The fraction of sp³-hybridized carbons (Fsp3) is 0.619. The summed E-state index contributed by atoms with van der Waals surface area (Å²) >= 11 is 0. The van der Waals surface area contributed by atoms with Gasteiger partial charge in [0.25, 0.3) is 0 Å². The van der Waals surface area contributed by atoms with Crippen LogP contribution in [0, 0.1) is 6.92 Å². The molecule has 30 heavy (non-hydrogen) atoms. The molecule has 6 nitrogen and oxygen atoms in total. The second-order valence-electron chi connectivity index (χ2n) is 7.91. The predicted molar refractivity (Wildman–Crippen MR) is 107 cm³/mol. The Balaban J connectivity index is 0.000000396. The van der Waals surface area contributed by atoms with Crippen molar-refractivity contribution in [2.45, 2.75) is 44.9 Å². The lowest BCUT2D eigenvalue weighted by Gasteiger charge is -2.52. The molecule has 1 amide bonds. The van der Waals surface area contributed by atoms with E-state index in [0.717, 1.165) is 52.1 Å². The number of piperazine rings is 1. The Labute approximate surface area is 175 Å². The summed E-state index contributed by atoms with van der Waals surface area (Å²) in [5.41, 5.74) is 2.45. The van der Waals surface area contributed by atoms with E-state index in [1.807, 2.05) is 11.9 Å². The number of hydrogen-bond acceptors (Lipinski definition) is 4. The summed E-state index contributed by atoms with van der Waals surface area (Å²) in [6.45, 7) is 10.2. The summed E-state index contributed by atoms with van der Waals surface area (Å²) in [6.07, 6.45) is -3.17. The lowest BCUT2D eigenvalue weighted by molar-refractivity contribution is -0.192. The van der Waals surface area contributed by atoms with Crippen molar-refractivity contribution in [1.82, 2.24) is 14.7 Å². The van der Waals surface area contributed by atoms with Crippen LogP contribution in [-0.4, -0.2) is 83.2 Å². The number of rotatable bonds is 3. The van der Waals surface area contributed by atoms with Crippen molar-refractivity contribution in [3.8, 4) is 0 Å². The van der Waals surface area contributed by atoms with Gasteiger partial charge in [0, 0.05) is 39.8 Å². The SMILES string of the molecule is CCN1CCN(C)C(=O)C12CCN(Cc1cccc(C)c1)CC2.O=C(O)C(F)(F)F. The van der Waals surface area contributed by atoms with Crippen LogP contribution in [0.25, 0.3) is 0 Å². The van der Waals surface area contributed by atoms with Crippen molar-refractivity contribution < 1.29 is 27.9 Å². The number of aryl methyl sites for hydroxylation is 1. The summed E-state index contributed by atoms with van der Waals surface area (Å²) in [6, 6.07) is 8.75. The molecule has 2 aliphatic heterocycles. The Hall–Kier alpha value is -2.13. The summed E-state index contributed by atoms with van der Waals surface area (Å²) in [5, 5.41) is 7.12. The van der Waals surface area contributed by atoms with Gasteiger partial charge in [0.05, 0.1) is 0 Å². The number of likely N-dealkylation sites (tertiary alicyclic amines) is 1. The molecule has 1 spiro atoms. The van der Waals surface area contributed by atoms with Crippen molar-refractivity contribution in [3.63, 3.8) is 0 Å². The van der Waals surface area contributed by atoms with Crippen LogP contribution in [0.1, 0.15) is 30.9 Å². The standard InChI is InChI=1S/C19H29N3O.C2HF3O2/c1-4-22-13-12-20(3)18(23)19(22)8-10-21(11-9-19)15-17-7-5-6-16(2)14-17;3-2(4,5)1(6)7/h5-7,14H,4,8-13,15H2,1-3H3;(H,6,7). The van der Waals surface area contributed by atoms with Gasteiger partial charge in [0.15, 0.2) is 0 Å². The zero-order valence-corrected chi connectivity index (χ0v) is 17.7. The van der Waals surface area contributed by atoms with E-state index in [9.17, 15) is 18.0 Å².